The molecule has 1 aliphatic carbocycles. The quantitative estimate of drug-likeness (QED) is 0.594. The topological polar surface area (TPSA) is 64.3 Å². The first-order valence-corrected chi connectivity index (χ1v) is 4.29. The molecule has 1 fully saturated rings. The van der Waals surface area contributed by atoms with Gasteiger partial charge in [0.25, 0.3) is 0 Å². The van der Waals surface area contributed by atoms with Gasteiger partial charge in [0.2, 0.25) is 5.91 Å². The van der Waals surface area contributed by atoms with Gasteiger partial charge in [-0.15, -0.1) is 0 Å². The Labute approximate surface area is 72.5 Å². The number of carbonyl (C=O) groups excluding carboxylic acids is 1. The van der Waals surface area contributed by atoms with Crippen LogP contribution in [-0.4, -0.2) is 31.7 Å². The van der Waals surface area contributed by atoms with E-state index in [1.807, 2.05) is 0 Å². The molecule has 4 heteroatoms. The Morgan fingerprint density at radius 1 is 1.75 bits per heavy atom. The highest BCUT2D eigenvalue weighted by Crippen LogP contribution is 2.18. The summed E-state index contributed by atoms with van der Waals surface area (Å²) in [6, 6.07) is -0.0170. The highest BCUT2D eigenvalue weighted by molar-refractivity contribution is 5.81. The first-order chi connectivity index (χ1) is 5.74. The predicted molar refractivity (Wildman–Crippen MR) is 45.6 cm³/mol. The van der Waals surface area contributed by atoms with Crippen LogP contribution in [0.3, 0.4) is 0 Å². The van der Waals surface area contributed by atoms with Crippen LogP contribution < -0.4 is 11.1 Å². The number of methoxy groups -OCH3 is 1. The largest absolute Gasteiger partial charge is 0.385 e. The molecule has 0 aromatic heterocycles. The van der Waals surface area contributed by atoms with Gasteiger partial charge < -0.3 is 15.8 Å². The normalized spacial score (nSPS) is 18.8. The lowest BCUT2D eigenvalue weighted by Gasteiger charge is -2.10. The standard InChI is InChI=1S/C8H16N2O2/c1-12-5-4-7(9)8(11)10-6-2-3-6/h6-7H,2-5,9H2,1H3,(H,10,11). The minimum absolute atomic E-state index is 0.0467. The summed E-state index contributed by atoms with van der Waals surface area (Å²) < 4.78 is 4.82. The van der Waals surface area contributed by atoms with E-state index in [1.54, 1.807) is 7.11 Å². The Morgan fingerprint density at radius 3 is 2.92 bits per heavy atom. The van der Waals surface area contributed by atoms with Crippen molar-refractivity contribution in [2.75, 3.05) is 13.7 Å². The monoisotopic (exact) mass is 172 g/mol. The SMILES string of the molecule is COCCC(N)C(=O)NC1CC1. The molecule has 1 amide bonds. The Kier molecular flexibility index (Phi) is 3.49. The van der Waals surface area contributed by atoms with Crippen molar-refractivity contribution in [2.24, 2.45) is 5.73 Å². The molecule has 70 valence electrons. The molecule has 1 rings (SSSR count). The van der Waals surface area contributed by atoms with Crippen molar-refractivity contribution in [3.05, 3.63) is 0 Å². The van der Waals surface area contributed by atoms with Gasteiger partial charge in [0, 0.05) is 19.8 Å². The van der Waals surface area contributed by atoms with E-state index in [0.717, 1.165) is 12.8 Å². The minimum atomic E-state index is -0.412. The predicted octanol–water partition coefficient (Wildman–Crippen LogP) is -0.371. The van der Waals surface area contributed by atoms with Gasteiger partial charge in [-0.1, -0.05) is 0 Å². The van der Waals surface area contributed by atoms with Crippen LogP contribution in [0.1, 0.15) is 19.3 Å². The molecule has 0 radical (unpaired) electrons. The third-order valence-electron chi connectivity index (χ3n) is 1.89. The molecule has 0 heterocycles. The average Bonchev–Trinajstić information content (AvgIpc) is 2.83. The van der Waals surface area contributed by atoms with Crippen LogP contribution in [0.5, 0.6) is 0 Å². The van der Waals surface area contributed by atoms with Crippen molar-refractivity contribution in [1.82, 2.24) is 5.32 Å². The van der Waals surface area contributed by atoms with E-state index in [2.05, 4.69) is 5.32 Å². The summed E-state index contributed by atoms with van der Waals surface area (Å²) in [6.45, 7) is 0.541. The van der Waals surface area contributed by atoms with Crippen molar-refractivity contribution in [3.8, 4) is 0 Å². The molecule has 0 aliphatic heterocycles. The molecular formula is C8H16N2O2. The van der Waals surface area contributed by atoms with Crippen LogP contribution in [0, 0.1) is 0 Å². The van der Waals surface area contributed by atoms with Gasteiger partial charge in [-0.3, -0.25) is 4.79 Å². The zero-order chi connectivity index (χ0) is 8.97. The van der Waals surface area contributed by atoms with Crippen LogP contribution in [0.25, 0.3) is 0 Å². The second-order valence-corrected chi connectivity index (χ2v) is 3.17. The summed E-state index contributed by atoms with van der Waals surface area (Å²) in [6.07, 6.45) is 2.79. The van der Waals surface area contributed by atoms with Crippen LogP contribution in [0.4, 0.5) is 0 Å². The number of hydrogen-bond donors (Lipinski definition) is 2. The number of carbonyl (C=O) groups is 1. The summed E-state index contributed by atoms with van der Waals surface area (Å²) in [5, 5.41) is 2.84. The minimum Gasteiger partial charge on any atom is -0.385 e. The van der Waals surface area contributed by atoms with Gasteiger partial charge in [-0.25, -0.2) is 0 Å². The van der Waals surface area contributed by atoms with Crippen LogP contribution in [0.15, 0.2) is 0 Å². The zero-order valence-electron chi connectivity index (χ0n) is 7.38. The first kappa shape index (κ1) is 9.48. The van der Waals surface area contributed by atoms with E-state index in [0.29, 0.717) is 19.1 Å². The number of nitrogens with two attached hydrogens (primary N) is 1. The summed E-state index contributed by atoms with van der Waals surface area (Å²) >= 11 is 0. The fourth-order valence-corrected chi connectivity index (χ4v) is 0.912. The lowest BCUT2D eigenvalue weighted by Crippen LogP contribution is -2.42. The fraction of sp³-hybridized carbons (Fsp3) is 0.875. The molecule has 0 spiro atoms. The highest BCUT2D eigenvalue weighted by Gasteiger charge is 2.25. The molecule has 3 N–H and O–H groups in total. The zero-order valence-corrected chi connectivity index (χ0v) is 7.38. The molecule has 1 atom stereocenters. The van der Waals surface area contributed by atoms with Crippen molar-refractivity contribution < 1.29 is 9.53 Å². The molecule has 1 aliphatic rings. The Balaban J connectivity index is 2.11. The number of ether oxygens (including phenoxy) is 1. The van der Waals surface area contributed by atoms with Gasteiger partial charge >= 0.3 is 0 Å². The first-order valence-electron chi connectivity index (χ1n) is 4.29. The van der Waals surface area contributed by atoms with Crippen molar-refractivity contribution >= 4 is 5.91 Å². The third-order valence-corrected chi connectivity index (χ3v) is 1.89. The van der Waals surface area contributed by atoms with Gasteiger partial charge in [0.05, 0.1) is 6.04 Å². The number of rotatable bonds is 5. The van der Waals surface area contributed by atoms with E-state index in [1.165, 1.54) is 0 Å². The molecule has 0 aromatic carbocycles. The van der Waals surface area contributed by atoms with Crippen molar-refractivity contribution in [3.63, 3.8) is 0 Å². The van der Waals surface area contributed by atoms with E-state index in [-0.39, 0.29) is 5.91 Å². The number of nitrogens with one attached hydrogen (secondary N) is 1. The van der Waals surface area contributed by atoms with E-state index in [4.69, 9.17) is 10.5 Å². The lowest BCUT2D eigenvalue weighted by molar-refractivity contribution is -0.122. The van der Waals surface area contributed by atoms with Crippen LogP contribution in [0.2, 0.25) is 0 Å². The van der Waals surface area contributed by atoms with Gasteiger partial charge in [-0.05, 0) is 19.3 Å². The molecule has 1 saturated carbocycles. The van der Waals surface area contributed by atoms with Gasteiger partial charge in [0.1, 0.15) is 0 Å². The molecule has 0 saturated heterocycles. The smallest absolute Gasteiger partial charge is 0.237 e. The van der Waals surface area contributed by atoms with E-state index in [9.17, 15) is 4.79 Å². The highest BCUT2D eigenvalue weighted by atomic mass is 16.5. The Bertz CT molecular complexity index is 157. The second kappa shape index (κ2) is 4.42. The molecule has 12 heavy (non-hydrogen) atoms. The summed E-state index contributed by atoms with van der Waals surface area (Å²) in [5.41, 5.74) is 5.59. The van der Waals surface area contributed by atoms with Crippen LogP contribution >= 0.6 is 0 Å². The molecular weight excluding hydrogens is 156 g/mol. The maximum atomic E-state index is 11.2. The second-order valence-electron chi connectivity index (χ2n) is 3.17. The molecule has 0 bridgehead atoms. The maximum Gasteiger partial charge on any atom is 0.237 e. The fourth-order valence-electron chi connectivity index (χ4n) is 0.912. The maximum absolute atomic E-state index is 11.2. The molecule has 4 nitrogen and oxygen atoms in total. The summed E-state index contributed by atoms with van der Waals surface area (Å²) in [5.74, 6) is -0.0467. The molecule has 1 unspecified atom stereocenters. The average molecular weight is 172 g/mol. The lowest BCUT2D eigenvalue weighted by atomic mass is 10.2. The number of hydrogen-bond acceptors (Lipinski definition) is 3. The Hall–Kier alpha value is -0.610. The van der Waals surface area contributed by atoms with E-state index < -0.39 is 6.04 Å². The molecule has 0 aromatic rings. The third kappa shape index (κ3) is 3.19. The Morgan fingerprint density at radius 2 is 2.42 bits per heavy atom. The summed E-state index contributed by atoms with van der Waals surface area (Å²) in [4.78, 5) is 11.2. The van der Waals surface area contributed by atoms with Gasteiger partial charge in [-0.2, -0.15) is 0 Å². The van der Waals surface area contributed by atoms with Crippen LogP contribution in [-0.2, 0) is 9.53 Å². The van der Waals surface area contributed by atoms with Gasteiger partial charge in [0.15, 0.2) is 0 Å². The van der Waals surface area contributed by atoms with Crippen molar-refractivity contribution in [2.45, 2.75) is 31.3 Å². The van der Waals surface area contributed by atoms with Crippen molar-refractivity contribution in [1.29, 1.82) is 0 Å². The summed E-state index contributed by atoms with van der Waals surface area (Å²) in [7, 11) is 1.60. The number of amides is 1. The van der Waals surface area contributed by atoms with E-state index >= 15 is 0 Å².